The molecule has 1 heterocycles. The van der Waals surface area contributed by atoms with Crippen LogP contribution in [0.3, 0.4) is 0 Å². The zero-order chi connectivity index (χ0) is 16.3. The summed E-state index contributed by atoms with van der Waals surface area (Å²) in [4.78, 5) is 14.2. The van der Waals surface area contributed by atoms with Crippen molar-refractivity contribution in [2.24, 2.45) is 5.92 Å². The van der Waals surface area contributed by atoms with Crippen LogP contribution in [0, 0.1) is 5.92 Å². The van der Waals surface area contributed by atoms with E-state index in [4.69, 9.17) is 4.74 Å². The van der Waals surface area contributed by atoms with Crippen molar-refractivity contribution in [2.75, 3.05) is 6.54 Å². The molecular formula is C18H27NO3. The van der Waals surface area contributed by atoms with Crippen LogP contribution < -0.4 is 0 Å². The largest absolute Gasteiger partial charge is 0.508 e. The van der Waals surface area contributed by atoms with Crippen LogP contribution in [-0.2, 0) is 11.2 Å². The van der Waals surface area contributed by atoms with Gasteiger partial charge in [0, 0.05) is 12.6 Å². The molecule has 1 aliphatic heterocycles. The SMILES string of the molecule is C[C@H](Cc1ccccc1O)C1CCCN1C(=O)OC(C)(C)C. The second kappa shape index (κ2) is 6.59. The van der Waals surface area contributed by atoms with E-state index in [1.807, 2.05) is 43.9 Å². The van der Waals surface area contributed by atoms with Crippen molar-refractivity contribution in [3.05, 3.63) is 29.8 Å². The number of rotatable bonds is 3. The quantitative estimate of drug-likeness (QED) is 0.919. The van der Waals surface area contributed by atoms with Crippen molar-refractivity contribution in [1.29, 1.82) is 0 Å². The third-order valence-electron chi connectivity index (χ3n) is 4.12. The number of amides is 1. The lowest BCUT2D eigenvalue weighted by atomic mass is 9.92. The van der Waals surface area contributed by atoms with Gasteiger partial charge in [-0.15, -0.1) is 0 Å². The monoisotopic (exact) mass is 305 g/mol. The number of carbonyl (C=O) groups excluding carboxylic acids is 1. The summed E-state index contributed by atoms with van der Waals surface area (Å²) in [5, 5.41) is 9.92. The first-order chi connectivity index (χ1) is 10.3. The average Bonchev–Trinajstić information content (AvgIpc) is 2.89. The molecule has 4 nitrogen and oxygen atoms in total. The Labute approximate surface area is 133 Å². The molecule has 0 spiro atoms. The Kier molecular flexibility index (Phi) is 4.99. The number of aromatic hydroxyl groups is 1. The number of ether oxygens (including phenoxy) is 1. The van der Waals surface area contributed by atoms with Crippen LogP contribution in [0.15, 0.2) is 24.3 Å². The van der Waals surface area contributed by atoms with Gasteiger partial charge in [-0.05, 0) is 57.6 Å². The molecule has 0 aromatic heterocycles. The van der Waals surface area contributed by atoms with E-state index in [0.29, 0.717) is 5.75 Å². The maximum absolute atomic E-state index is 12.3. The molecule has 22 heavy (non-hydrogen) atoms. The molecule has 0 saturated carbocycles. The Morgan fingerprint density at radius 2 is 2.09 bits per heavy atom. The van der Waals surface area contributed by atoms with Gasteiger partial charge in [-0.3, -0.25) is 0 Å². The van der Waals surface area contributed by atoms with E-state index in [1.54, 1.807) is 6.07 Å². The number of nitrogens with zero attached hydrogens (tertiary/aromatic N) is 1. The molecule has 1 aromatic rings. The van der Waals surface area contributed by atoms with Crippen LogP contribution in [0.1, 0.15) is 46.1 Å². The molecule has 0 radical (unpaired) electrons. The van der Waals surface area contributed by atoms with Gasteiger partial charge in [0.25, 0.3) is 0 Å². The fourth-order valence-electron chi connectivity index (χ4n) is 3.10. The van der Waals surface area contributed by atoms with Crippen molar-refractivity contribution in [1.82, 2.24) is 4.90 Å². The average molecular weight is 305 g/mol. The summed E-state index contributed by atoms with van der Waals surface area (Å²) < 4.78 is 5.51. The predicted octanol–water partition coefficient (Wildman–Crippen LogP) is 3.97. The number of likely N-dealkylation sites (tertiary alicyclic amines) is 1. The molecule has 4 heteroatoms. The first-order valence-corrected chi connectivity index (χ1v) is 8.04. The number of hydrogen-bond donors (Lipinski definition) is 1. The lowest BCUT2D eigenvalue weighted by Gasteiger charge is -2.32. The normalized spacial score (nSPS) is 20.0. The lowest BCUT2D eigenvalue weighted by molar-refractivity contribution is 0.0183. The van der Waals surface area contributed by atoms with E-state index in [2.05, 4.69) is 6.92 Å². The Morgan fingerprint density at radius 3 is 2.73 bits per heavy atom. The van der Waals surface area contributed by atoms with Gasteiger partial charge in [-0.25, -0.2) is 4.79 Å². The highest BCUT2D eigenvalue weighted by atomic mass is 16.6. The Hall–Kier alpha value is -1.71. The van der Waals surface area contributed by atoms with Gasteiger partial charge in [0.15, 0.2) is 0 Å². The van der Waals surface area contributed by atoms with Crippen molar-refractivity contribution in [2.45, 2.75) is 58.6 Å². The fourth-order valence-corrected chi connectivity index (χ4v) is 3.10. The molecule has 2 atom stereocenters. The van der Waals surface area contributed by atoms with Gasteiger partial charge in [0.2, 0.25) is 0 Å². The van der Waals surface area contributed by atoms with Crippen LogP contribution in [0.2, 0.25) is 0 Å². The van der Waals surface area contributed by atoms with Gasteiger partial charge in [-0.1, -0.05) is 25.1 Å². The van der Waals surface area contributed by atoms with Gasteiger partial charge in [0.05, 0.1) is 0 Å². The fraction of sp³-hybridized carbons (Fsp3) is 0.611. The maximum atomic E-state index is 12.3. The van der Waals surface area contributed by atoms with Crippen molar-refractivity contribution in [3.63, 3.8) is 0 Å². The number of carbonyl (C=O) groups is 1. The molecular weight excluding hydrogens is 278 g/mol. The van der Waals surface area contributed by atoms with Gasteiger partial charge < -0.3 is 14.7 Å². The van der Waals surface area contributed by atoms with Crippen molar-refractivity contribution >= 4 is 6.09 Å². The second-order valence-electron chi connectivity index (χ2n) is 7.19. The Bertz CT molecular complexity index is 521. The summed E-state index contributed by atoms with van der Waals surface area (Å²) in [6.07, 6.45) is 2.54. The first-order valence-electron chi connectivity index (χ1n) is 8.04. The summed E-state index contributed by atoms with van der Waals surface area (Å²) in [6.45, 7) is 8.56. The molecule has 122 valence electrons. The second-order valence-corrected chi connectivity index (χ2v) is 7.19. The number of para-hydroxylation sites is 1. The van der Waals surface area contributed by atoms with E-state index < -0.39 is 5.60 Å². The van der Waals surface area contributed by atoms with Gasteiger partial charge in [0.1, 0.15) is 11.4 Å². The summed E-state index contributed by atoms with van der Waals surface area (Å²) in [5.41, 5.74) is 0.469. The van der Waals surface area contributed by atoms with Gasteiger partial charge >= 0.3 is 6.09 Å². The third kappa shape index (κ3) is 4.15. The minimum atomic E-state index is -0.467. The van der Waals surface area contributed by atoms with E-state index in [1.165, 1.54) is 0 Å². The summed E-state index contributed by atoms with van der Waals surface area (Å²) in [5.74, 6) is 0.611. The molecule has 1 saturated heterocycles. The van der Waals surface area contributed by atoms with Gasteiger partial charge in [-0.2, -0.15) is 0 Å². The molecule has 1 fully saturated rings. The lowest BCUT2D eigenvalue weighted by Crippen LogP contribution is -2.42. The highest BCUT2D eigenvalue weighted by Gasteiger charge is 2.35. The molecule has 1 amide bonds. The van der Waals surface area contributed by atoms with E-state index in [-0.39, 0.29) is 18.1 Å². The minimum Gasteiger partial charge on any atom is -0.508 e. The number of phenolic OH excluding ortho intramolecular Hbond substituents is 1. The molecule has 1 N–H and O–H groups in total. The van der Waals surface area contributed by atoms with Crippen LogP contribution in [0.5, 0.6) is 5.75 Å². The molecule has 1 unspecified atom stereocenters. The van der Waals surface area contributed by atoms with E-state index in [0.717, 1.165) is 31.4 Å². The Balaban J connectivity index is 2.03. The zero-order valence-electron chi connectivity index (χ0n) is 14.0. The maximum Gasteiger partial charge on any atom is 0.410 e. The highest BCUT2D eigenvalue weighted by molar-refractivity contribution is 5.69. The van der Waals surface area contributed by atoms with Crippen LogP contribution in [-0.4, -0.2) is 34.3 Å². The van der Waals surface area contributed by atoms with Crippen molar-refractivity contribution in [3.8, 4) is 5.75 Å². The zero-order valence-corrected chi connectivity index (χ0v) is 14.0. The van der Waals surface area contributed by atoms with Crippen molar-refractivity contribution < 1.29 is 14.6 Å². The Morgan fingerprint density at radius 1 is 1.41 bits per heavy atom. The highest BCUT2D eigenvalue weighted by Crippen LogP contribution is 2.30. The minimum absolute atomic E-state index is 0.175. The van der Waals surface area contributed by atoms with Crippen LogP contribution >= 0.6 is 0 Å². The summed E-state index contributed by atoms with van der Waals surface area (Å²) in [7, 11) is 0. The summed E-state index contributed by atoms with van der Waals surface area (Å²) >= 11 is 0. The third-order valence-corrected chi connectivity index (χ3v) is 4.12. The molecule has 0 aliphatic carbocycles. The van der Waals surface area contributed by atoms with E-state index in [9.17, 15) is 9.90 Å². The smallest absolute Gasteiger partial charge is 0.410 e. The molecule has 0 bridgehead atoms. The summed E-state index contributed by atoms with van der Waals surface area (Å²) in [6, 6.07) is 7.59. The first kappa shape index (κ1) is 16.7. The van der Waals surface area contributed by atoms with Crippen LogP contribution in [0.4, 0.5) is 4.79 Å². The number of benzene rings is 1. The molecule has 1 aliphatic rings. The predicted molar refractivity (Wildman–Crippen MR) is 86.9 cm³/mol. The molecule has 2 rings (SSSR count). The molecule has 1 aromatic carbocycles. The number of phenols is 1. The van der Waals surface area contributed by atoms with Crippen LogP contribution in [0.25, 0.3) is 0 Å². The standard InChI is InChI=1S/C18H27NO3/c1-13(12-14-8-5-6-10-16(14)20)15-9-7-11-19(15)17(21)22-18(2,3)4/h5-6,8,10,13,15,20H,7,9,11-12H2,1-4H3/t13-,15?/m1/s1. The van der Waals surface area contributed by atoms with E-state index >= 15 is 0 Å². The topological polar surface area (TPSA) is 49.8 Å². The number of hydrogen-bond acceptors (Lipinski definition) is 3.